The van der Waals surface area contributed by atoms with E-state index < -0.39 is 0 Å². The first-order valence-electron chi connectivity index (χ1n) is 7.73. The Balaban J connectivity index is 1.67. The summed E-state index contributed by atoms with van der Waals surface area (Å²) >= 11 is 5.95. The zero-order chi connectivity index (χ0) is 16.4. The third kappa shape index (κ3) is 3.34. The summed E-state index contributed by atoms with van der Waals surface area (Å²) in [6, 6.07) is 6.96. The Bertz CT molecular complexity index is 731. The van der Waals surface area contributed by atoms with Gasteiger partial charge in [-0.1, -0.05) is 11.6 Å². The van der Waals surface area contributed by atoms with Gasteiger partial charge in [0, 0.05) is 23.5 Å². The van der Waals surface area contributed by atoms with Crippen LogP contribution in [0.4, 0.5) is 0 Å². The molecule has 0 unspecified atom stereocenters. The van der Waals surface area contributed by atoms with Crippen LogP contribution >= 0.6 is 11.6 Å². The summed E-state index contributed by atoms with van der Waals surface area (Å²) in [5, 5.41) is 1.41. The van der Waals surface area contributed by atoms with Crippen molar-refractivity contribution in [1.29, 1.82) is 0 Å². The number of halogens is 1. The fraction of sp³-hybridized carbons (Fsp3) is 0.412. The molecule has 1 fully saturated rings. The maximum Gasteiger partial charge on any atom is 0.309 e. The number of carbonyl (C=O) groups is 2. The number of fused-ring (bicyclic) bond motifs is 1. The minimum absolute atomic E-state index is 0.117. The Hall–Kier alpha value is -2.01. The minimum atomic E-state index is -0.169. The van der Waals surface area contributed by atoms with Crippen LogP contribution in [0.25, 0.3) is 11.0 Å². The first-order valence-corrected chi connectivity index (χ1v) is 8.11. The van der Waals surface area contributed by atoms with Crippen LogP contribution in [0, 0.1) is 5.92 Å². The number of hydrogen-bond donors (Lipinski definition) is 0. The van der Waals surface area contributed by atoms with E-state index in [4.69, 9.17) is 20.8 Å². The normalized spacial score (nSPS) is 15.8. The average Bonchev–Trinajstić information content (AvgIpc) is 2.97. The molecule has 0 saturated carbocycles. The van der Waals surface area contributed by atoms with Crippen LogP contribution < -0.4 is 0 Å². The molecule has 1 saturated heterocycles. The molecule has 122 valence electrons. The predicted molar refractivity (Wildman–Crippen MR) is 86.5 cm³/mol. The SMILES string of the molecule is CCOC(=O)C1CCN(C(=O)c2cc3cc(Cl)ccc3o2)CC1. The third-order valence-corrected chi connectivity index (χ3v) is 4.33. The Kier molecular flexibility index (Phi) is 4.57. The van der Waals surface area contributed by atoms with E-state index in [9.17, 15) is 9.59 Å². The van der Waals surface area contributed by atoms with Crippen LogP contribution in [-0.4, -0.2) is 36.5 Å². The second-order valence-electron chi connectivity index (χ2n) is 5.61. The van der Waals surface area contributed by atoms with E-state index in [1.807, 2.05) is 0 Å². The van der Waals surface area contributed by atoms with Crippen molar-refractivity contribution in [1.82, 2.24) is 4.90 Å². The summed E-state index contributed by atoms with van der Waals surface area (Å²) in [5.74, 6) is -0.136. The maximum absolute atomic E-state index is 12.5. The van der Waals surface area contributed by atoms with Gasteiger partial charge in [0.2, 0.25) is 0 Å². The largest absolute Gasteiger partial charge is 0.466 e. The topological polar surface area (TPSA) is 59.8 Å². The summed E-state index contributed by atoms with van der Waals surface area (Å²) in [4.78, 5) is 26.0. The number of benzene rings is 1. The average molecular weight is 336 g/mol. The summed E-state index contributed by atoms with van der Waals surface area (Å²) < 4.78 is 10.6. The predicted octanol–water partition coefficient (Wildman–Crippen LogP) is 3.50. The van der Waals surface area contributed by atoms with Crippen molar-refractivity contribution in [2.45, 2.75) is 19.8 Å². The fourth-order valence-electron chi connectivity index (χ4n) is 2.85. The van der Waals surface area contributed by atoms with Gasteiger partial charge in [-0.2, -0.15) is 0 Å². The van der Waals surface area contributed by atoms with Crippen LogP contribution in [0.1, 0.15) is 30.3 Å². The van der Waals surface area contributed by atoms with Crippen molar-refractivity contribution < 1.29 is 18.7 Å². The lowest BCUT2D eigenvalue weighted by Crippen LogP contribution is -2.40. The van der Waals surface area contributed by atoms with E-state index in [2.05, 4.69) is 0 Å². The number of nitrogens with zero attached hydrogens (tertiary/aromatic N) is 1. The highest BCUT2D eigenvalue weighted by Gasteiger charge is 2.29. The summed E-state index contributed by atoms with van der Waals surface area (Å²) in [6.07, 6.45) is 1.24. The van der Waals surface area contributed by atoms with Gasteiger partial charge in [-0.05, 0) is 44.0 Å². The van der Waals surface area contributed by atoms with Crippen molar-refractivity contribution in [3.8, 4) is 0 Å². The molecule has 6 heteroatoms. The summed E-state index contributed by atoms with van der Waals surface area (Å²) in [7, 11) is 0. The van der Waals surface area contributed by atoms with E-state index in [0.29, 0.717) is 48.9 Å². The Morgan fingerprint density at radius 3 is 2.74 bits per heavy atom. The summed E-state index contributed by atoms with van der Waals surface area (Å²) in [6.45, 7) is 3.24. The van der Waals surface area contributed by atoms with Gasteiger partial charge in [0.25, 0.3) is 5.91 Å². The molecule has 0 aliphatic carbocycles. The lowest BCUT2D eigenvalue weighted by molar-refractivity contribution is -0.149. The number of carbonyl (C=O) groups excluding carboxylic acids is 2. The molecular weight excluding hydrogens is 318 g/mol. The van der Waals surface area contributed by atoms with Gasteiger partial charge in [0.1, 0.15) is 5.58 Å². The Morgan fingerprint density at radius 2 is 2.04 bits per heavy atom. The molecule has 0 spiro atoms. The molecule has 1 aromatic heterocycles. The number of esters is 1. The molecule has 1 aliphatic rings. The van der Waals surface area contributed by atoms with E-state index in [0.717, 1.165) is 5.39 Å². The first kappa shape index (κ1) is 15.9. The zero-order valence-corrected chi connectivity index (χ0v) is 13.6. The molecule has 1 amide bonds. The Morgan fingerprint density at radius 1 is 1.30 bits per heavy atom. The third-order valence-electron chi connectivity index (χ3n) is 4.09. The highest BCUT2D eigenvalue weighted by molar-refractivity contribution is 6.31. The van der Waals surface area contributed by atoms with E-state index in [1.54, 1.807) is 36.1 Å². The van der Waals surface area contributed by atoms with Gasteiger partial charge < -0.3 is 14.1 Å². The molecule has 3 rings (SSSR count). The number of piperidine rings is 1. The van der Waals surface area contributed by atoms with Crippen molar-refractivity contribution in [3.05, 3.63) is 35.0 Å². The molecule has 5 nitrogen and oxygen atoms in total. The number of likely N-dealkylation sites (tertiary alicyclic amines) is 1. The van der Waals surface area contributed by atoms with Crippen molar-refractivity contribution in [2.24, 2.45) is 5.92 Å². The van der Waals surface area contributed by atoms with Gasteiger partial charge in [-0.3, -0.25) is 9.59 Å². The van der Waals surface area contributed by atoms with Gasteiger partial charge in [0.05, 0.1) is 12.5 Å². The monoisotopic (exact) mass is 335 g/mol. The van der Waals surface area contributed by atoms with Crippen molar-refractivity contribution in [3.63, 3.8) is 0 Å². The standard InChI is InChI=1S/C17H18ClNO4/c1-2-22-17(21)11-5-7-19(8-6-11)16(20)15-10-12-9-13(18)3-4-14(12)23-15/h3-4,9-11H,2,5-8H2,1H3. The lowest BCUT2D eigenvalue weighted by Gasteiger charge is -2.30. The molecule has 0 N–H and O–H groups in total. The fourth-order valence-corrected chi connectivity index (χ4v) is 3.03. The summed E-state index contributed by atoms with van der Waals surface area (Å²) in [5.41, 5.74) is 0.638. The van der Waals surface area contributed by atoms with Gasteiger partial charge in [-0.15, -0.1) is 0 Å². The molecule has 2 heterocycles. The van der Waals surface area contributed by atoms with E-state index in [1.165, 1.54) is 0 Å². The number of amides is 1. The number of furan rings is 1. The van der Waals surface area contributed by atoms with Crippen LogP contribution in [0.2, 0.25) is 5.02 Å². The van der Waals surface area contributed by atoms with Gasteiger partial charge in [-0.25, -0.2) is 0 Å². The van der Waals surface area contributed by atoms with Crippen LogP contribution in [-0.2, 0) is 9.53 Å². The first-order chi connectivity index (χ1) is 11.1. The maximum atomic E-state index is 12.5. The molecule has 0 radical (unpaired) electrons. The molecule has 0 atom stereocenters. The number of ether oxygens (including phenoxy) is 1. The molecular formula is C17H18ClNO4. The van der Waals surface area contributed by atoms with Crippen molar-refractivity contribution >= 4 is 34.4 Å². The number of hydrogen-bond acceptors (Lipinski definition) is 4. The quantitative estimate of drug-likeness (QED) is 0.805. The lowest BCUT2D eigenvalue weighted by atomic mass is 9.97. The van der Waals surface area contributed by atoms with Crippen molar-refractivity contribution in [2.75, 3.05) is 19.7 Å². The number of rotatable bonds is 3. The second-order valence-corrected chi connectivity index (χ2v) is 6.05. The van der Waals surface area contributed by atoms with E-state index in [-0.39, 0.29) is 17.8 Å². The van der Waals surface area contributed by atoms with Gasteiger partial charge in [0.15, 0.2) is 5.76 Å². The van der Waals surface area contributed by atoms with E-state index >= 15 is 0 Å². The molecule has 2 aromatic rings. The molecule has 23 heavy (non-hydrogen) atoms. The smallest absolute Gasteiger partial charge is 0.309 e. The molecule has 0 bridgehead atoms. The zero-order valence-electron chi connectivity index (χ0n) is 12.9. The molecule has 1 aromatic carbocycles. The Labute approximate surface area is 139 Å². The highest BCUT2D eigenvalue weighted by atomic mass is 35.5. The minimum Gasteiger partial charge on any atom is -0.466 e. The van der Waals surface area contributed by atoms with Crippen LogP contribution in [0.15, 0.2) is 28.7 Å². The molecule has 1 aliphatic heterocycles. The highest BCUT2D eigenvalue weighted by Crippen LogP contribution is 2.25. The second kappa shape index (κ2) is 6.62. The van der Waals surface area contributed by atoms with Crippen LogP contribution in [0.3, 0.4) is 0 Å². The van der Waals surface area contributed by atoms with Gasteiger partial charge >= 0.3 is 5.97 Å². The van der Waals surface area contributed by atoms with Crippen LogP contribution in [0.5, 0.6) is 0 Å².